The Labute approximate surface area is 263 Å². The van der Waals surface area contributed by atoms with Gasteiger partial charge in [0, 0.05) is 38.9 Å². The largest absolute Gasteiger partial charge is 0.444 e. The van der Waals surface area contributed by atoms with E-state index in [-0.39, 0.29) is 28.7 Å². The Hall–Kier alpha value is -4.43. The number of piperazine rings is 1. The molecular weight excluding hydrogens is 610 g/mol. The number of carbonyl (C=O) groups excluding carboxylic acids is 2. The molecule has 1 saturated heterocycles. The third-order valence-corrected chi connectivity index (χ3v) is 8.19. The number of nitrogens with zero attached hydrogens (tertiary/aromatic N) is 6. The van der Waals surface area contributed by atoms with Crippen molar-refractivity contribution >= 4 is 40.4 Å². The highest BCUT2D eigenvalue weighted by Gasteiger charge is 2.47. The Morgan fingerprint density at radius 3 is 2.37 bits per heavy atom. The number of benzene rings is 1. The lowest BCUT2D eigenvalue weighted by Gasteiger charge is -2.54. The lowest BCUT2D eigenvalue weighted by molar-refractivity contribution is -0.137. The molecule has 3 heterocycles. The van der Waals surface area contributed by atoms with Gasteiger partial charge in [0.05, 0.1) is 23.5 Å². The zero-order chi connectivity index (χ0) is 33.7. The topological polar surface area (TPSA) is 113 Å². The maximum absolute atomic E-state index is 14.6. The molecule has 1 saturated carbocycles. The first-order valence-corrected chi connectivity index (χ1v) is 15.0. The Morgan fingerprint density at radius 1 is 1.11 bits per heavy atom. The summed E-state index contributed by atoms with van der Waals surface area (Å²) in [6, 6.07) is 1.51. The maximum atomic E-state index is 14.6. The highest BCUT2D eigenvalue weighted by molar-refractivity contribution is 5.92. The minimum atomic E-state index is -4.74. The van der Waals surface area contributed by atoms with Crippen LogP contribution in [0.3, 0.4) is 0 Å². The number of aromatic nitrogens is 3. The summed E-state index contributed by atoms with van der Waals surface area (Å²) >= 11 is 0. The standard InChI is InChI=1S/C31H37F4N7O4/c1-7-20-26(40-12-13-41(22-11-10-21(22)40)29(45)46-30(2,3)4)27(44)25-28(36-15-23(38-25)39(5)6)42(20)16-24(43)37-19-9-8-17(14-18(19)32)31(33,34)35/h8-9,14-15,21-22H,7,10-13,16H2,1-6H3,(H,37,43)/t21-,22-/m0/s1. The number of ether oxygens (including phenoxy) is 1. The Kier molecular flexibility index (Phi) is 8.64. The van der Waals surface area contributed by atoms with Gasteiger partial charge in [0.15, 0.2) is 11.2 Å². The molecule has 248 valence electrons. The van der Waals surface area contributed by atoms with Crippen molar-refractivity contribution in [2.75, 3.05) is 42.3 Å². The zero-order valence-electron chi connectivity index (χ0n) is 26.5. The van der Waals surface area contributed by atoms with E-state index in [1.165, 1.54) is 6.20 Å². The number of pyridine rings is 1. The maximum Gasteiger partial charge on any atom is 0.416 e. The highest BCUT2D eigenvalue weighted by Crippen LogP contribution is 2.38. The van der Waals surface area contributed by atoms with Crippen LogP contribution < -0.4 is 20.5 Å². The van der Waals surface area contributed by atoms with Crippen molar-refractivity contribution in [2.24, 2.45) is 0 Å². The smallest absolute Gasteiger partial charge is 0.416 e. The summed E-state index contributed by atoms with van der Waals surface area (Å²) in [5, 5.41) is 2.35. The van der Waals surface area contributed by atoms with E-state index < -0.39 is 47.4 Å². The normalized spacial score (nSPS) is 18.2. The molecule has 2 aliphatic rings. The first-order chi connectivity index (χ1) is 21.5. The predicted molar refractivity (Wildman–Crippen MR) is 165 cm³/mol. The van der Waals surface area contributed by atoms with Gasteiger partial charge in [0.2, 0.25) is 11.3 Å². The van der Waals surface area contributed by atoms with Gasteiger partial charge in [-0.05, 0) is 58.2 Å². The number of carbonyl (C=O) groups is 2. The van der Waals surface area contributed by atoms with Crippen LogP contribution >= 0.6 is 0 Å². The molecule has 1 N–H and O–H groups in total. The number of alkyl halides is 3. The van der Waals surface area contributed by atoms with Gasteiger partial charge in [-0.1, -0.05) is 6.92 Å². The molecule has 2 amide bonds. The van der Waals surface area contributed by atoms with Crippen LogP contribution in [0.2, 0.25) is 0 Å². The zero-order valence-corrected chi connectivity index (χ0v) is 26.5. The fourth-order valence-corrected chi connectivity index (χ4v) is 5.95. The van der Waals surface area contributed by atoms with Crippen LogP contribution in [0.4, 0.5) is 39.5 Å². The second kappa shape index (κ2) is 12.1. The minimum absolute atomic E-state index is 0.0253. The van der Waals surface area contributed by atoms with Gasteiger partial charge in [0.25, 0.3) is 0 Å². The Balaban J connectivity index is 1.54. The van der Waals surface area contributed by atoms with Crippen LogP contribution in [0.5, 0.6) is 0 Å². The van der Waals surface area contributed by atoms with E-state index in [1.54, 1.807) is 49.2 Å². The van der Waals surface area contributed by atoms with Crippen LogP contribution in [0, 0.1) is 5.82 Å². The number of amides is 2. The molecule has 0 unspecified atom stereocenters. The van der Waals surface area contributed by atoms with Crippen molar-refractivity contribution in [3.63, 3.8) is 0 Å². The van der Waals surface area contributed by atoms with Crippen LogP contribution in [0.25, 0.3) is 11.2 Å². The molecule has 0 radical (unpaired) electrons. The van der Waals surface area contributed by atoms with E-state index >= 15 is 0 Å². The van der Waals surface area contributed by atoms with E-state index in [9.17, 15) is 31.9 Å². The fourth-order valence-electron chi connectivity index (χ4n) is 5.95. The van der Waals surface area contributed by atoms with Crippen molar-refractivity contribution in [2.45, 2.75) is 77.4 Å². The van der Waals surface area contributed by atoms with Crippen molar-refractivity contribution in [3.8, 4) is 0 Å². The van der Waals surface area contributed by atoms with Crippen molar-refractivity contribution < 1.29 is 31.9 Å². The van der Waals surface area contributed by atoms with Gasteiger partial charge in [-0.15, -0.1) is 0 Å². The van der Waals surface area contributed by atoms with E-state index in [0.29, 0.717) is 48.8 Å². The fraction of sp³-hybridized carbons (Fsp3) is 0.516. The van der Waals surface area contributed by atoms with E-state index in [1.807, 2.05) is 11.8 Å². The first kappa shape index (κ1) is 32.9. The molecule has 5 rings (SSSR count). The average Bonchev–Trinajstić information content (AvgIpc) is 2.93. The number of rotatable bonds is 6. The monoisotopic (exact) mass is 647 g/mol. The first-order valence-electron chi connectivity index (χ1n) is 15.0. The molecule has 2 aromatic heterocycles. The molecule has 3 aromatic rings. The molecule has 0 spiro atoms. The molecule has 1 aliphatic carbocycles. The van der Waals surface area contributed by atoms with Crippen molar-refractivity contribution in [1.29, 1.82) is 0 Å². The summed E-state index contributed by atoms with van der Waals surface area (Å²) in [4.78, 5) is 55.0. The number of hydrogen-bond donors (Lipinski definition) is 1. The summed E-state index contributed by atoms with van der Waals surface area (Å²) in [6.07, 6.45) is -1.93. The van der Waals surface area contributed by atoms with Crippen LogP contribution in [-0.2, 0) is 28.7 Å². The SMILES string of the molecule is CCc1c(N2CCN(C(=O)OC(C)(C)C)[C@H]3CC[C@@H]32)c(=O)c2nc(N(C)C)cnc2n1CC(=O)Nc1ccc(C(F)(F)F)cc1F. The van der Waals surface area contributed by atoms with Gasteiger partial charge < -0.3 is 29.3 Å². The summed E-state index contributed by atoms with van der Waals surface area (Å²) in [6.45, 7) is 7.45. The van der Waals surface area contributed by atoms with Gasteiger partial charge in [-0.25, -0.2) is 19.2 Å². The summed E-state index contributed by atoms with van der Waals surface area (Å²) in [5.41, 5.74) is -1.64. The minimum Gasteiger partial charge on any atom is -0.444 e. The van der Waals surface area contributed by atoms with Gasteiger partial charge in [-0.3, -0.25) is 9.59 Å². The number of fused-ring (bicyclic) bond motifs is 2. The third kappa shape index (κ3) is 6.31. The lowest BCUT2D eigenvalue weighted by atomic mass is 9.81. The molecule has 1 aliphatic heterocycles. The quantitative estimate of drug-likeness (QED) is 0.380. The number of anilines is 3. The van der Waals surface area contributed by atoms with Gasteiger partial charge >= 0.3 is 12.3 Å². The summed E-state index contributed by atoms with van der Waals surface area (Å²) in [7, 11) is 3.49. The third-order valence-electron chi connectivity index (χ3n) is 8.19. The highest BCUT2D eigenvalue weighted by atomic mass is 19.4. The lowest BCUT2D eigenvalue weighted by Crippen LogP contribution is -2.67. The van der Waals surface area contributed by atoms with E-state index in [2.05, 4.69) is 15.3 Å². The number of hydrogen-bond acceptors (Lipinski definition) is 8. The Bertz CT molecular complexity index is 1740. The molecule has 11 nitrogen and oxygen atoms in total. The molecule has 1 aromatic carbocycles. The van der Waals surface area contributed by atoms with E-state index in [0.717, 1.165) is 18.9 Å². The van der Waals surface area contributed by atoms with Gasteiger partial charge in [0.1, 0.15) is 29.5 Å². The molecule has 15 heteroatoms. The average molecular weight is 648 g/mol. The van der Waals surface area contributed by atoms with Crippen molar-refractivity contribution in [3.05, 3.63) is 51.7 Å². The summed E-state index contributed by atoms with van der Waals surface area (Å²) in [5.74, 6) is -1.56. The molecule has 2 fully saturated rings. The number of halogens is 4. The molecule has 46 heavy (non-hydrogen) atoms. The van der Waals surface area contributed by atoms with Gasteiger partial charge in [-0.2, -0.15) is 13.2 Å². The summed E-state index contributed by atoms with van der Waals surface area (Å²) < 4.78 is 60.9. The second-order valence-corrected chi connectivity index (χ2v) is 12.7. The Morgan fingerprint density at radius 2 is 1.80 bits per heavy atom. The molecule has 2 atom stereocenters. The molecular formula is C31H37F4N7O4. The van der Waals surface area contributed by atoms with E-state index in [4.69, 9.17) is 4.74 Å². The second-order valence-electron chi connectivity index (χ2n) is 12.7. The van der Waals surface area contributed by atoms with Crippen LogP contribution in [-0.4, -0.2) is 76.3 Å². The van der Waals surface area contributed by atoms with Crippen molar-refractivity contribution in [1.82, 2.24) is 19.4 Å². The van der Waals surface area contributed by atoms with Crippen LogP contribution in [0.15, 0.2) is 29.2 Å². The molecule has 0 bridgehead atoms. The van der Waals surface area contributed by atoms with Crippen LogP contribution in [0.1, 0.15) is 51.8 Å². The predicted octanol–water partition coefficient (Wildman–Crippen LogP) is 4.80. The number of nitrogens with one attached hydrogen (secondary N) is 1.